The molecule has 6 rings (SSSR count). The lowest BCUT2D eigenvalue weighted by atomic mass is 9.77. The monoisotopic (exact) mass is 507 g/mol. The van der Waals surface area contributed by atoms with Crippen molar-refractivity contribution in [2.24, 2.45) is 0 Å². The highest BCUT2D eigenvalue weighted by molar-refractivity contribution is 7.81. The molecule has 2 N–H and O–H groups in total. The van der Waals surface area contributed by atoms with E-state index >= 15 is 0 Å². The Morgan fingerprint density at radius 2 is 2.03 bits per heavy atom. The van der Waals surface area contributed by atoms with E-state index in [1.165, 1.54) is 6.07 Å². The number of ketones is 1. The summed E-state index contributed by atoms with van der Waals surface area (Å²) in [7, 11) is 0. The lowest BCUT2D eigenvalue weighted by molar-refractivity contribution is -0.140. The van der Waals surface area contributed by atoms with Crippen LogP contribution in [0.5, 0.6) is 0 Å². The number of nitrogens with one attached hydrogen (secondary N) is 1. The lowest BCUT2D eigenvalue weighted by Crippen LogP contribution is -2.43. The van der Waals surface area contributed by atoms with Gasteiger partial charge in [-0.25, -0.2) is 9.37 Å². The number of aliphatic hydroxyl groups is 1. The Morgan fingerprint density at radius 1 is 1.25 bits per heavy atom. The molecular formula is C27H26FN3O4S. The molecule has 2 aromatic heterocycles. The second-order valence-corrected chi connectivity index (χ2v) is 10.3. The van der Waals surface area contributed by atoms with Gasteiger partial charge in [0, 0.05) is 34.6 Å². The number of halogens is 1. The van der Waals surface area contributed by atoms with Crippen LogP contribution in [0.3, 0.4) is 0 Å². The zero-order chi connectivity index (χ0) is 25.5. The molecule has 0 spiro atoms. The molecular weight excluding hydrogens is 481 g/mol. The molecule has 0 radical (unpaired) electrons. The number of pyridine rings is 2. The van der Waals surface area contributed by atoms with Crippen LogP contribution in [-0.2, 0) is 34.6 Å². The summed E-state index contributed by atoms with van der Waals surface area (Å²) in [5.41, 5.74) is 3.44. The number of aryl methyl sites for hydroxylation is 1. The van der Waals surface area contributed by atoms with E-state index in [1.807, 2.05) is 0 Å². The van der Waals surface area contributed by atoms with Crippen molar-refractivity contribution in [3.05, 3.63) is 61.7 Å². The highest BCUT2D eigenvalue weighted by atomic mass is 32.1. The molecule has 0 saturated heterocycles. The highest BCUT2D eigenvalue weighted by Gasteiger charge is 2.43. The minimum Gasteiger partial charge on any atom is -0.377 e. The fourth-order valence-corrected chi connectivity index (χ4v) is 6.41. The van der Waals surface area contributed by atoms with Gasteiger partial charge < -0.3 is 15.0 Å². The van der Waals surface area contributed by atoms with Gasteiger partial charge >= 0.3 is 0 Å². The summed E-state index contributed by atoms with van der Waals surface area (Å²) >= 11 is 4.11. The van der Waals surface area contributed by atoms with Crippen LogP contribution >= 0.6 is 12.6 Å². The molecule has 1 amide bonds. The zero-order valence-electron chi connectivity index (χ0n) is 20.1. The van der Waals surface area contributed by atoms with E-state index in [2.05, 4.69) is 17.9 Å². The Morgan fingerprint density at radius 3 is 2.75 bits per heavy atom. The van der Waals surface area contributed by atoms with E-state index in [4.69, 9.17) is 4.98 Å². The minimum absolute atomic E-state index is 0.0399. The average molecular weight is 508 g/mol. The van der Waals surface area contributed by atoms with E-state index in [0.717, 1.165) is 22.1 Å². The van der Waals surface area contributed by atoms with Crippen molar-refractivity contribution in [1.82, 2.24) is 14.9 Å². The van der Waals surface area contributed by atoms with Crippen molar-refractivity contribution in [3.8, 4) is 11.4 Å². The number of thiol groups is 1. The molecule has 0 bridgehead atoms. The SMILES string of the molecule is CC[C@@]1(O)C(=O)CCc2c1cc1n(c2=O)Cc2c-1nc1cc(F)c(C)c3c1c2[C@@H](NC(=O)CS)CC3. The standard InChI is InChI=1S/C27H26FN3O4S/c1-3-27(35)16-8-20-25-15(10-31(20)26(34)14(16)5-7-21(27)32)24-18(29-22(33)11-36)6-4-13-12(2)17(28)9-19(30-25)23(13)24/h8-9,18,35-36H,3-7,10-11H2,1-2H3,(H,29,33)/t18-,27-/m0/s1. The maximum Gasteiger partial charge on any atom is 0.254 e. The summed E-state index contributed by atoms with van der Waals surface area (Å²) in [5, 5.41) is 15.1. The molecule has 3 heterocycles. The number of Topliss-reactive ketones (excluding diaryl/α,β-unsaturated/α-hetero) is 1. The molecule has 9 heteroatoms. The smallest absolute Gasteiger partial charge is 0.254 e. The zero-order valence-corrected chi connectivity index (χ0v) is 21.0. The normalized spacial score (nSPS) is 21.8. The number of nitrogens with zero attached hydrogens (tertiary/aromatic N) is 2. The number of carbonyl (C=O) groups is 2. The third kappa shape index (κ3) is 3.02. The average Bonchev–Trinajstić information content (AvgIpc) is 3.24. The van der Waals surface area contributed by atoms with E-state index in [-0.39, 0.29) is 60.7 Å². The molecule has 2 atom stereocenters. The number of aromatic nitrogens is 2. The summed E-state index contributed by atoms with van der Waals surface area (Å²) in [6.45, 7) is 3.74. The summed E-state index contributed by atoms with van der Waals surface area (Å²) in [6, 6.07) is 2.80. The predicted molar refractivity (Wildman–Crippen MR) is 136 cm³/mol. The molecule has 186 valence electrons. The molecule has 36 heavy (non-hydrogen) atoms. The Hall–Kier alpha value is -3.04. The third-order valence-corrected chi connectivity index (χ3v) is 8.52. The van der Waals surface area contributed by atoms with Crippen molar-refractivity contribution < 1.29 is 19.1 Å². The van der Waals surface area contributed by atoms with Crippen LogP contribution in [0, 0.1) is 12.7 Å². The van der Waals surface area contributed by atoms with Gasteiger partial charge in [0.2, 0.25) is 5.91 Å². The van der Waals surface area contributed by atoms with Gasteiger partial charge in [-0.2, -0.15) is 12.6 Å². The number of rotatable bonds is 3. The molecule has 1 aromatic carbocycles. The van der Waals surface area contributed by atoms with Crippen molar-refractivity contribution in [2.75, 3.05) is 5.75 Å². The second-order valence-electron chi connectivity index (χ2n) is 9.98. The second kappa shape index (κ2) is 7.98. The van der Waals surface area contributed by atoms with Crippen molar-refractivity contribution >= 4 is 35.2 Å². The van der Waals surface area contributed by atoms with Gasteiger partial charge in [0.05, 0.1) is 35.2 Å². The molecule has 3 aromatic rings. The van der Waals surface area contributed by atoms with Crippen LogP contribution in [0.15, 0.2) is 16.9 Å². The number of hydrogen-bond acceptors (Lipinski definition) is 6. The maximum absolute atomic E-state index is 14.9. The third-order valence-electron chi connectivity index (χ3n) is 8.23. The highest BCUT2D eigenvalue weighted by Crippen LogP contribution is 2.46. The number of amides is 1. The largest absolute Gasteiger partial charge is 0.377 e. The Bertz CT molecular complexity index is 1580. The van der Waals surface area contributed by atoms with Crippen LogP contribution in [0.25, 0.3) is 22.3 Å². The molecule has 0 fully saturated rings. The molecule has 0 saturated carbocycles. The van der Waals surface area contributed by atoms with Crippen LogP contribution in [0.4, 0.5) is 4.39 Å². The fraction of sp³-hybridized carbons (Fsp3) is 0.407. The Labute approximate surface area is 212 Å². The fourth-order valence-electron chi connectivity index (χ4n) is 6.32. The van der Waals surface area contributed by atoms with Crippen LogP contribution in [0.2, 0.25) is 0 Å². The van der Waals surface area contributed by atoms with Crippen molar-refractivity contribution in [3.63, 3.8) is 0 Å². The first-order valence-electron chi connectivity index (χ1n) is 12.3. The van der Waals surface area contributed by atoms with Gasteiger partial charge in [0.1, 0.15) is 11.4 Å². The van der Waals surface area contributed by atoms with Crippen molar-refractivity contribution in [2.45, 2.75) is 64.1 Å². The van der Waals surface area contributed by atoms with Crippen molar-refractivity contribution in [1.29, 1.82) is 0 Å². The van der Waals surface area contributed by atoms with Gasteiger partial charge in [-0.1, -0.05) is 6.92 Å². The Balaban J connectivity index is 1.66. The van der Waals surface area contributed by atoms with E-state index in [1.54, 1.807) is 24.5 Å². The molecule has 2 aliphatic carbocycles. The Kier molecular flexibility index (Phi) is 5.18. The summed E-state index contributed by atoms with van der Waals surface area (Å²) in [6.07, 6.45) is 1.75. The van der Waals surface area contributed by atoms with Gasteiger partial charge in [-0.15, -0.1) is 0 Å². The topological polar surface area (TPSA) is 101 Å². The van der Waals surface area contributed by atoms with Gasteiger partial charge in [0.25, 0.3) is 5.56 Å². The van der Waals surface area contributed by atoms with Gasteiger partial charge in [-0.05, 0) is 55.4 Å². The maximum atomic E-state index is 14.9. The van der Waals surface area contributed by atoms with Crippen LogP contribution in [-0.4, -0.2) is 32.1 Å². The summed E-state index contributed by atoms with van der Waals surface area (Å²) in [5.74, 6) is -0.809. The van der Waals surface area contributed by atoms with E-state index < -0.39 is 5.60 Å². The first-order chi connectivity index (χ1) is 17.2. The quantitative estimate of drug-likeness (QED) is 0.370. The summed E-state index contributed by atoms with van der Waals surface area (Å²) in [4.78, 5) is 43.5. The molecule has 3 aliphatic rings. The molecule has 1 aliphatic heterocycles. The van der Waals surface area contributed by atoms with Gasteiger partial charge in [0.15, 0.2) is 5.78 Å². The van der Waals surface area contributed by atoms with Crippen LogP contribution < -0.4 is 10.9 Å². The first kappa shape index (κ1) is 23.4. The number of carbonyl (C=O) groups excluding carboxylic acids is 2. The van der Waals surface area contributed by atoms with Gasteiger partial charge in [-0.3, -0.25) is 14.4 Å². The number of hydrogen-bond donors (Lipinski definition) is 3. The first-order valence-corrected chi connectivity index (χ1v) is 12.9. The predicted octanol–water partition coefficient (Wildman–Crippen LogP) is 3.02. The summed E-state index contributed by atoms with van der Waals surface area (Å²) < 4.78 is 16.5. The number of fused-ring (bicyclic) bond motifs is 5. The number of benzene rings is 1. The van der Waals surface area contributed by atoms with E-state index in [9.17, 15) is 23.9 Å². The molecule has 0 unspecified atom stereocenters. The van der Waals surface area contributed by atoms with Crippen LogP contribution in [0.1, 0.15) is 65.6 Å². The van der Waals surface area contributed by atoms with E-state index in [0.29, 0.717) is 46.4 Å². The lowest BCUT2D eigenvalue weighted by Gasteiger charge is -2.32. The minimum atomic E-state index is -1.71. The molecule has 7 nitrogen and oxygen atoms in total.